The number of nitrogens with zero attached hydrogens (tertiary/aromatic N) is 1. The van der Waals surface area contributed by atoms with Crippen LogP contribution in [0.3, 0.4) is 0 Å². The topological polar surface area (TPSA) is 23.8 Å². The van der Waals surface area contributed by atoms with Crippen LogP contribution in [0.4, 0.5) is 0 Å². The Bertz CT molecular complexity index is 559. The van der Waals surface area contributed by atoms with Crippen LogP contribution in [0.15, 0.2) is 24.3 Å². The van der Waals surface area contributed by atoms with Crippen LogP contribution in [0.2, 0.25) is 0 Å². The molecule has 28 heavy (non-hydrogen) atoms. The summed E-state index contributed by atoms with van der Waals surface area (Å²) in [6, 6.07) is 11.7. The molecule has 0 aliphatic heterocycles. The molecule has 0 amide bonds. The quantitative estimate of drug-likeness (QED) is 0.313. The molecule has 1 aliphatic rings. The molecule has 1 atom stereocenters. The maximum atomic E-state index is 9.91. The Kier molecular flexibility index (Phi) is 10.7. The van der Waals surface area contributed by atoms with Crippen LogP contribution in [0.1, 0.15) is 127 Å². The van der Waals surface area contributed by atoms with Crippen molar-refractivity contribution in [2.24, 2.45) is 5.41 Å². The minimum atomic E-state index is 0.0676. The summed E-state index contributed by atoms with van der Waals surface area (Å²) in [5.41, 5.74) is 3.11. The first-order valence-electron chi connectivity index (χ1n) is 12.2. The van der Waals surface area contributed by atoms with Gasteiger partial charge in [0, 0.05) is 0 Å². The van der Waals surface area contributed by atoms with E-state index in [1.54, 1.807) is 0 Å². The summed E-state index contributed by atoms with van der Waals surface area (Å²) in [7, 11) is 0. The first-order valence-corrected chi connectivity index (χ1v) is 12.2. The molecule has 1 aliphatic carbocycles. The summed E-state index contributed by atoms with van der Waals surface area (Å²) in [5, 5.41) is 9.91. The van der Waals surface area contributed by atoms with Crippen molar-refractivity contribution in [3.63, 3.8) is 0 Å². The van der Waals surface area contributed by atoms with Crippen LogP contribution in [-0.4, -0.2) is 0 Å². The lowest BCUT2D eigenvalue weighted by Crippen LogP contribution is -2.26. The number of nitriles is 1. The molecule has 0 heterocycles. The first kappa shape index (κ1) is 23.0. The Morgan fingerprint density at radius 1 is 0.857 bits per heavy atom. The van der Waals surface area contributed by atoms with Crippen molar-refractivity contribution in [3.8, 4) is 6.07 Å². The molecule has 0 N–H and O–H groups in total. The molecule has 1 aromatic rings. The zero-order valence-corrected chi connectivity index (χ0v) is 18.6. The van der Waals surface area contributed by atoms with Crippen molar-refractivity contribution in [3.05, 3.63) is 35.4 Å². The van der Waals surface area contributed by atoms with Crippen LogP contribution in [0.5, 0.6) is 0 Å². The van der Waals surface area contributed by atoms with E-state index in [9.17, 15) is 5.26 Å². The molecule has 1 aromatic carbocycles. The number of hydrogen-bond acceptors (Lipinski definition) is 1. The Morgan fingerprint density at radius 2 is 1.50 bits per heavy atom. The molecule has 0 aromatic heterocycles. The van der Waals surface area contributed by atoms with Gasteiger partial charge in [-0.25, -0.2) is 0 Å². The van der Waals surface area contributed by atoms with Crippen molar-refractivity contribution < 1.29 is 0 Å². The van der Waals surface area contributed by atoms with Gasteiger partial charge in [0.1, 0.15) is 0 Å². The van der Waals surface area contributed by atoms with Gasteiger partial charge in [0.05, 0.1) is 12.0 Å². The first-order chi connectivity index (χ1) is 13.7. The molecule has 1 heteroatoms. The highest BCUT2D eigenvalue weighted by Gasteiger charge is 2.34. The Labute approximate surface area is 174 Å². The van der Waals surface area contributed by atoms with Gasteiger partial charge < -0.3 is 0 Å². The molecule has 0 bridgehead atoms. The Morgan fingerprint density at radius 3 is 2.14 bits per heavy atom. The SMILES string of the molecule is CCCCCCCCc1ccc(C(C#N)CC2(CCCC)CCCCC2)cc1. The predicted molar refractivity (Wildman–Crippen MR) is 122 cm³/mol. The third kappa shape index (κ3) is 7.62. The van der Waals surface area contributed by atoms with E-state index in [0.717, 1.165) is 6.42 Å². The molecule has 156 valence electrons. The predicted octanol–water partition coefficient (Wildman–Crippen LogP) is 8.73. The molecule has 1 fully saturated rings. The molecule has 1 unspecified atom stereocenters. The zero-order chi connectivity index (χ0) is 20.1. The van der Waals surface area contributed by atoms with E-state index in [4.69, 9.17) is 0 Å². The van der Waals surface area contributed by atoms with Gasteiger partial charge in [-0.1, -0.05) is 102 Å². The lowest BCUT2D eigenvalue weighted by atomic mass is 9.66. The minimum Gasteiger partial charge on any atom is -0.198 e. The van der Waals surface area contributed by atoms with Gasteiger partial charge in [-0.2, -0.15) is 5.26 Å². The van der Waals surface area contributed by atoms with E-state index in [-0.39, 0.29) is 5.92 Å². The third-order valence-electron chi connectivity index (χ3n) is 6.97. The average Bonchev–Trinajstić information content (AvgIpc) is 2.74. The van der Waals surface area contributed by atoms with Crippen molar-refractivity contribution in [2.75, 3.05) is 0 Å². The number of hydrogen-bond donors (Lipinski definition) is 0. The fraction of sp³-hybridized carbons (Fsp3) is 0.741. The van der Waals surface area contributed by atoms with Crippen LogP contribution < -0.4 is 0 Å². The van der Waals surface area contributed by atoms with Crippen LogP contribution >= 0.6 is 0 Å². The average molecular weight is 382 g/mol. The van der Waals surface area contributed by atoms with Gasteiger partial charge in [0.2, 0.25) is 0 Å². The van der Waals surface area contributed by atoms with Crippen molar-refractivity contribution in [2.45, 2.75) is 122 Å². The van der Waals surface area contributed by atoms with Crippen molar-refractivity contribution >= 4 is 0 Å². The molecule has 0 saturated heterocycles. The van der Waals surface area contributed by atoms with E-state index < -0.39 is 0 Å². The summed E-state index contributed by atoms with van der Waals surface area (Å²) >= 11 is 0. The fourth-order valence-corrected chi connectivity index (χ4v) is 5.11. The summed E-state index contributed by atoms with van der Waals surface area (Å²) in [6.07, 6.45) is 21.0. The van der Waals surface area contributed by atoms with Gasteiger partial charge in [0.15, 0.2) is 0 Å². The van der Waals surface area contributed by atoms with E-state index >= 15 is 0 Å². The third-order valence-corrected chi connectivity index (χ3v) is 6.97. The molecule has 0 spiro atoms. The smallest absolute Gasteiger partial charge is 0.0718 e. The lowest BCUT2D eigenvalue weighted by Gasteiger charge is -2.39. The largest absolute Gasteiger partial charge is 0.198 e. The van der Waals surface area contributed by atoms with Crippen molar-refractivity contribution in [1.29, 1.82) is 5.26 Å². The number of rotatable bonds is 13. The van der Waals surface area contributed by atoms with E-state index in [2.05, 4.69) is 44.2 Å². The van der Waals surface area contributed by atoms with Gasteiger partial charge >= 0.3 is 0 Å². The summed E-state index contributed by atoms with van der Waals surface area (Å²) in [5.74, 6) is 0.0676. The maximum Gasteiger partial charge on any atom is 0.0718 e. The standard InChI is InChI=1S/C27H43N/c1-3-5-7-8-9-11-14-24-15-17-25(18-16-24)26(23-28)22-27(19-6-4-2)20-12-10-13-21-27/h15-18,26H,3-14,19-22H2,1-2H3. The second-order valence-electron chi connectivity index (χ2n) is 9.31. The summed E-state index contributed by atoms with van der Waals surface area (Å²) in [6.45, 7) is 4.57. The Hall–Kier alpha value is -1.29. The molecular weight excluding hydrogens is 338 g/mol. The molecule has 2 rings (SSSR count). The number of benzene rings is 1. The summed E-state index contributed by atoms with van der Waals surface area (Å²) < 4.78 is 0. The number of aryl methyl sites for hydroxylation is 1. The van der Waals surface area contributed by atoms with Gasteiger partial charge in [-0.15, -0.1) is 0 Å². The Balaban J connectivity index is 1.89. The fourth-order valence-electron chi connectivity index (χ4n) is 5.11. The highest BCUT2D eigenvalue weighted by Crippen LogP contribution is 2.47. The second-order valence-corrected chi connectivity index (χ2v) is 9.31. The molecule has 0 radical (unpaired) electrons. The van der Waals surface area contributed by atoms with E-state index in [0.29, 0.717) is 5.41 Å². The maximum absolute atomic E-state index is 9.91. The van der Waals surface area contributed by atoms with Crippen LogP contribution in [0.25, 0.3) is 0 Å². The van der Waals surface area contributed by atoms with Gasteiger partial charge in [-0.05, 0) is 55.1 Å². The second kappa shape index (κ2) is 13.0. The lowest BCUT2D eigenvalue weighted by molar-refractivity contribution is 0.148. The molecule has 1 nitrogen and oxygen atoms in total. The highest BCUT2D eigenvalue weighted by atomic mass is 14.4. The zero-order valence-electron chi connectivity index (χ0n) is 18.6. The van der Waals surface area contributed by atoms with E-state index in [1.807, 2.05) is 0 Å². The monoisotopic (exact) mass is 381 g/mol. The summed E-state index contributed by atoms with van der Waals surface area (Å²) in [4.78, 5) is 0. The normalized spacial score (nSPS) is 17.2. The minimum absolute atomic E-state index is 0.0676. The van der Waals surface area contributed by atoms with Gasteiger partial charge in [-0.3, -0.25) is 0 Å². The van der Waals surface area contributed by atoms with Crippen LogP contribution in [-0.2, 0) is 6.42 Å². The van der Waals surface area contributed by atoms with Gasteiger partial charge in [0.25, 0.3) is 0 Å². The highest BCUT2D eigenvalue weighted by molar-refractivity contribution is 5.29. The van der Waals surface area contributed by atoms with E-state index in [1.165, 1.54) is 107 Å². The molecule has 1 saturated carbocycles. The van der Waals surface area contributed by atoms with Crippen molar-refractivity contribution in [1.82, 2.24) is 0 Å². The van der Waals surface area contributed by atoms with Crippen LogP contribution in [0, 0.1) is 16.7 Å². The molecular formula is C27H43N. The number of unbranched alkanes of at least 4 members (excludes halogenated alkanes) is 6.